The lowest BCUT2D eigenvalue weighted by molar-refractivity contribution is -0.172. The average Bonchev–Trinajstić information content (AvgIpc) is 3.32. The van der Waals surface area contributed by atoms with Gasteiger partial charge in [0.25, 0.3) is 21.9 Å². The number of carbonyl (C=O) groups excluding carboxylic acids is 3. The number of aromatic hydroxyl groups is 1. The van der Waals surface area contributed by atoms with E-state index < -0.39 is 74.5 Å². The number of hydroxylamine groups is 2. The number of fused-ring (bicyclic) bond motifs is 1. The van der Waals surface area contributed by atoms with Crippen LogP contribution in [0.4, 0.5) is 0 Å². The lowest BCUT2D eigenvalue weighted by Gasteiger charge is -2.13. The number of benzene rings is 1. The third-order valence-corrected chi connectivity index (χ3v) is 8.18. The van der Waals surface area contributed by atoms with Gasteiger partial charge in [-0.3, -0.25) is 18.7 Å². The average molecular weight is 545 g/mol. The largest absolute Gasteiger partial charge is 0.507 e. The molecule has 184 valence electrons. The molecule has 0 aliphatic carbocycles. The smallest absolute Gasteiger partial charge is 0.367 e. The van der Waals surface area contributed by atoms with Crippen LogP contribution < -0.4 is 5.63 Å². The summed E-state index contributed by atoms with van der Waals surface area (Å²) in [5, 5.41) is 10.3. The fraction of sp³-hybridized carbons (Fsp3) is 0.111. The number of imide groups is 1. The number of hydrogen-bond acceptors (Lipinski definition) is 12. The predicted octanol–water partition coefficient (Wildman–Crippen LogP) is 0.941. The summed E-state index contributed by atoms with van der Waals surface area (Å²) >= 11 is 0.145. The zero-order chi connectivity index (χ0) is 25.9. The summed E-state index contributed by atoms with van der Waals surface area (Å²) in [7, 11) is -9.99. The number of phenolic OH excluding ortho intramolecular Hbond substituents is 1. The first-order chi connectivity index (χ1) is 16.2. The molecule has 0 radical (unpaired) electrons. The van der Waals surface area contributed by atoms with Crippen LogP contribution in [0.5, 0.6) is 5.75 Å². The van der Waals surface area contributed by atoms with Crippen LogP contribution in [0.15, 0.2) is 42.6 Å². The number of hydrogen-bond donors (Lipinski definition) is 3. The summed E-state index contributed by atoms with van der Waals surface area (Å²) in [5.41, 5.74) is -2.64. The van der Waals surface area contributed by atoms with Crippen molar-refractivity contribution in [2.75, 3.05) is 0 Å². The molecule has 3 aromatic rings. The summed E-state index contributed by atoms with van der Waals surface area (Å²) in [6, 6.07) is 3.19. The van der Waals surface area contributed by atoms with E-state index in [1.54, 1.807) is 0 Å². The van der Waals surface area contributed by atoms with E-state index in [1.165, 1.54) is 0 Å². The first-order valence-corrected chi connectivity index (χ1v) is 12.8. The van der Waals surface area contributed by atoms with E-state index in [9.17, 15) is 50.2 Å². The Balaban J connectivity index is 1.86. The van der Waals surface area contributed by atoms with Crippen molar-refractivity contribution in [2.45, 2.75) is 21.9 Å². The predicted molar refractivity (Wildman–Crippen MR) is 114 cm³/mol. The number of thiophene rings is 1. The van der Waals surface area contributed by atoms with E-state index >= 15 is 0 Å². The molecule has 1 aromatic carbocycles. The van der Waals surface area contributed by atoms with Gasteiger partial charge >= 0.3 is 21.7 Å². The molecule has 1 aliphatic heterocycles. The van der Waals surface area contributed by atoms with Crippen LogP contribution >= 0.6 is 11.3 Å². The van der Waals surface area contributed by atoms with Crippen molar-refractivity contribution in [2.24, 2.45) is 0 Å². The second-order valence-corrected chi connectivity index (χ2v) is 11.1. The van der Waals surface area contributed by atoms with Gasteiger partial charge in [-0.05, 0) is 18.2 Å². The van der Waals surface area contributed by atoms with E-state index in [0.29, 0.717) is 6.07 Å². The minimum Gasteiger partial charge on any atom is -0.507 e. The summed E-state index contributed by atoms with van der Waals surface area (Å²) in [4.78, 5) is 51.4. The Morgan fingerprint density at radius 2 is 1.60 bits per heavy atom. The van der Waals surface area contributed by atoms with Gasteiger partial charge in [-0.2, -0.15) is 16.8 Å². The van der Waals surface area contributed by atoms with E-state index in [0.717, 1.165) is 18.2 Å². The molecule has 2 amide bonds. The maximum absolute atomic E-state index is 12.5. The normalized spacial score (nSPS) is 14.6. The van der Waals surface area contributed by atoms with Gasteiger partial charge in [0.2, 0.25) is 0 Å². The molecule has 0 spiro atoms. The summed E-state index contributed by atoms with van der Waals surface area (Å²) in [6.07, 6.45) is -0.348. The number of phenols is 1. The highest BCUT2D eigenvalue weighted by Crippen LogP contribution is 2.38. The molecule has 3 heterocycles. The van der Waals surface area contributed by atoms with Gasteiger partial charge in [-0.1, -0.05) is 0 Å². The molecule has 0 unspecified atom stereocenters. The van der Waals surface area contributed by atoms with E-state index in [-0.39, 0.29) is 40.2 Å². The van der Waals surface area contributed by atoms with Crippen LogP contribution in [0.25, 0.3) is 21.4 Å². The minimum atomic E-state index is -5.07. The molecule has 1 fully saturated rings. The zero-order valence-corrected chi connectivity index (χ0v) is 19.3. The number of rotatable bonds is 5. The molecule has 14 nitrogen and oxygen atoms in total. The van der Waals surface area contributed by atoms with Crippen molar-refractivity contribution >= 4 is 60.3 Å². The van der Waals surface area contributed by atoms with Crippen molar-refractivity contribution in [3.05, 3.63) is 40.2 Å². The molecule has 1 aliphatic rings. The lowest BCUT2D eigenvalue weighted by atomic mass is 10.1. The van der Waals surface area contributed by atoms with Crippen molar-refractivity contribution in [1.82, 2.24) is 5.06 Å². The van der Waals surface area contributed by atoms with E-state index in [2.05, 4.69) is 0 Å². The maximum Gasteiger partial charge on any atom is 0.367 e. The van der Waals surface area contributed by atoms with Crippen LogP contribution in [0.1, 0.15) is 23.2 Å². The second kappa shape index (κ2) is 8.24. The monoisotopic (exact) mass is 545 g/mol. The first-order valence-electron chi connectivity index (χ1n) is 9.15. The number of nitrogens with zero attached hydrogens (tertiary/aromatic N) is 1. The summed E-state index contributed by atoms with van der Waals surface area (Å²) in [6.45, 7) is 0. The number of amides is 2. The van der Waals surface area contributed by atoms with E-state index in [1.807, 2.05) is 0 Å². The van der Waals surface area contributed by atoms with Crippen molar-refractivity contribution < 1.29 is 54.7 Å². The van der Waals surface area contributed by atoms with Gasteiger partial charge in [0.1, 0.15) is 26.0 Å². The molecular weight excluding hydrogens is 534 g/mol. The molecule has 4 rings (SSSR count). The maximum atomic E-state index is 12.5. The highest BCUT2D eigenvalue weighted by Gasteiger charge is 2.34. The molecule has 0 atom stereocenters. The minimum absolute atomic E-state index is 0.105. The van der Waals surface area contributed by atoms with Crippen LogP contribution in [0, 0.1) is 0 Å². The fourth-order valence-electron chi connectivity index (χ4n) is 3.13. The fourth-order valence-corrected chi connectivity index (χ4v) is 6.06. The van der Waals surface area contributed by atoms with Crippen LogP contribution in [-0.4, -0.2) is 53.9 Å². The SMILES string of the molecule is O=C(ON1C(=O)CCC1=O)c1cc2cc(-c3sc(S(=O)(=O)O)cc3S(=O)(=O)O)c(=O)oc2cc1O. The Morgan fingerprint density at radius 3 is 2.17 bits per heavy atom. The lowest BCUT2D eigenvalue weighted by Crippen LogP contribution is -2.32. The molecule has 1 saturated heterocycles. The van der Waals surface area contributed by atoms with Gasteiger partial charge in [0.05, 0.1) is 10.4 Å². The zero-order valence-electron chi connectivity index (χ0n) is 16.8. The van der Waals surface area contributed by atoms with Gasteiger partial charge in [0.15, 0.2) is 0 Å². The Hall–Kier alpha value is -3.64. The summed E-state index contributed by atoms with van der Waals surface area (Å²) in [5.74, 6) is -3.62. The Morgan fingerprint density at radius 1 is 0.971 bits per heavy atom. The number of carbonyl (C=O) groups is 3. The highest BCUT2D eigenvalue weighted by molar-refractivity contribution is 7.89. The van der Waals surface area contributed by atoms with Crippen molar-refractivity contribution in [3.63, 3.8) is 0 Å². The molecule has 17 heteroatoms. The van der Waals surface area contributed by atoms with Crippen LogP contribution in [0.3, 0.4) is 0 Å². The van der Waals surface area contributed by atoms with Gasteiger partial charge in [-0.15, -0.1) is 16.4 Å². The highest BCUT2D eigenvalue weighted by atomic mass is 32.3. The molecular formula is C18H11NO13S3. The van der Waals surface area contributed by atoms with Crippen molar-refractivity contribution in [1.29, 1.82) is 0 Å². The third kappa shape index (κ3) is 4.54. The molecule has 35 heavy (non-hydrogen) atoms. The van der Waals surface area contributed by atoms with Gasteiger partial charge in [0, 0.05) is 24.3 Å². The van der Waals surface area contributed by atoms with Crippen LogP contribution in [-0.2, 0) is 34.7 Å². The molecule has 0 bridgehead atoms. The quantitative estimate of drug-likeness (QED) is 0.231. The van der Waals surface area contributed by atoms with Gasteiger partial charge in [-0.25, -0.2) is 9.59 Å². The summed E-state index contributed by atoms with van der Waals surface area (Å²) < 4.78 is 69.2. The van der Waals surface area contributed by atoms with Gasteiger partial charge < -0.3 is 14.4 Å². The second-order valence-electron chi connectivity index (χ2n) is 7.02. The van der Waals surface area contributed by atoms with Crippen molar-refractivity contribution in [3.8, 4) is 16.2 Å². The Bertz CT molecular complexity index is 1700. The van der Waals surface area contributed by atoms with Crippen LogP contribution in [0.2, 0.25) is 0 Å². The van der Waals surface area contributed by atoms with E-state index in [4.69, 9.17) is 9.25 Å². The standard InChI is InChI=1S/C18H11NO13S3/c20-10-5-11-7(3-8(10)18(24)32-19-13(21)1-2-14(19)22)4-9(17(23)31-11)16-12(34(25,26)27)6-15(33-16)35(28,29)30/h3-6,20H,1-2H2,(H,25,26,27)(H,28,29,30). The molecule has 0 saturated carbocycles. The molecule has 2 aromatic heterocycles. The third-order valence-electron chi connectivity index (χ3n) is 4.70. The molecule has 3 N–H and O–H groups in total. The first kappa shape index (κ1) is 24.5. The Kier molecular flexibility index (Phi) is 5.76. The Labute approximate surface area is 198 Å². The topological polar surface area (TPSA) is 223 Å².